The summed E-state index contributed by atoms with van der Waals surface area (Å²) >= 11 is 1.75. The predicted octanol–water partition coefficient (Wildman–Crippen LogP) is 12.3. The summed E-state index contributed by atoms with van der Waals surface area (Å²) in [5, 5.41) is 8.13. The van der Waals surface area contributed by atoms with Crippen LogP contribution in [0.1, 0.15) is 0 Å². The van der Waals surface area contributed by atoms with Gasteiger partial charge < -0.3 is 8.98 Å². The Morgan fingerprint density at radius 2 is 1.27 bits per heavy atom. The molecule has 0 bridgehead atoms. The van der Waals surface area contributed by atoms with Crippen LogP contribution >= 0.6 is 11.3 Å². The molecule has 0 aliphatic rings. The molecule has 0 aliphatic carbocycles. The third kappa shape index (κ3) is 3.85. The first-order chi connectivity index (χ1) is 24.3. The van der Waals surface area contributed by atoms with Gasteiger partial charge in [-0.25, -0.2) is 9.97 Å². The van der Waals surface area contributed by atoms with Crippen LogP contribution in [0.15, 0.2) is 156 Å². The van der Waals surface area contributed by atoms with Crippen LogP contribution in [-0.2, 0) is 0 Å². The molecule has 0 unspecified atom stereocenters. The molecule has 0 saturated heterocycles. The molecule has 0 saturated carbocycles. The van der Waals surface area contributed by atoms with Gasteiger partial charge in [-0.1, -0.05) is 109 Å². The summed E-state index contributed by atoms with van der Waals surface area (Å²) in [5.41, 5.74) is 8.89. The van der Waals surface area contributed by atoms with E-state index in [-0.39, 0.29) is 0 Å². The van der Waals surface area contributed by atoms with Crippen molar-refractivity contribution in [3.8, 4) is 28.3 Å². The molecule has 0 spiro atoms. The number of hydrogen-bond acceptors (Lipinski definition) is 4. The molecule has 4 nitrogen and oxygen atoms in total. The minimum Gasteiger partial charge on any atom is -0.454 e. The standard InChI is InChI=1S/C44H25N3OS/c1-2-12-26(13-3-1)44-45-40-31-18-8-11-21-38(31)49-43(40)41(46-44)32-22-23-35(42-39(32)30-17-7-10-20-37(30)48-42)47-34-19-9-6-16-29(34)33-24-27-14-4-5-15-28(27)25-36(33)47/h1-25H. The molecular weight excluding hydrogens is 619 g/mol. The van der Waals surface area contributed by atoms with Crippen LogP contribution in [0.4, 0.5) is 0 Å². The van der Waals surface area contributed by atoms with Crippen LogP contribution in [0.3, 0.4) is 0 Å². The first-order valence-electron chi connectivity index (χ1n) is 16.4. The van der Waals surface area contributed by atoms with Gasteiger partial charge in [-0.2, -0.15) is 0 Å². The largest absolute Gasteiger partial charge is 0.454 e. The summed E-state index contributed by atoms with van der Waals surface area (Å²) in [6.45, 7) is 0. The molecule has 5 heteroatoms. The highest BCUT2D eigenvalue weighted by molar-refractivity contribution is 7.26. The maximum absolute atomic E-state index is 6.88. The zero-order chi connectivity index (χ0) is 32.1. The van der Waals surface area contributed by atoms with Crippen LogP contribution in [0.25, 0.3) is 103 Å². The molecule has 11 aromatic rings. The van der Waals surface area contributed by atoms with Gasteiger partial charge in [-0.05, 0) is 53.2 Å². The molecule has 0 radical (unpaired) electrons. The third-order valence-electron chi connectivity index (χ3n) is 9.79. The molecule has 0 aliphatic heterocycles. The Morgan fingerprint density at radius 3 is 2.14 bits per heavy atom. The summed E-state index contributed by atoms with van der Waals surface area (Å²) in [6, 6.07) is 53.5. The Hall–Kier alpha value is -6.30. The van der Waals surface area contributed by atoms with Crippen molar-refractivity contribution < 1.29 is 4.42 Å². The second kappa shape index (κ2) is 10.1. The van der Waals surface area contributed by atoms with Crippen LogP contribution in [0.2, 0.25) is 0 Å². The number of hydrogen-bond donors (Lipinski definition) is 0. The quantitative estimate of drug-likeness (QED) is 0.192. The van der Waals surface area contributed by atoms with Crippen molar-refractivity contribution in [3.63, 3.8) is 0 Å². The number of nitrogens with zero attached hydrogens (tertiary/aromatic N) is 3. The highest BCUT2D eigenvalue weighted by Gasteiger charge is 2.24. The predicted molar refractivity (Wildman–Crippen MR) is 205 cm³/mol. The Balaban J connectivity index is 1.28. The van der Waals surface area contributed by atoms with Gasteiger partial charge >= 0.3 is 0 Å². The van der Waals surface area contributed by atoms with Crippen molar-refractivity contribution in [2.45, 2.75) is 0 Å². The van der Waals surface area contributed by atoms with E-state index in [1.165, 1.54) is 26.2 Å². The summed E-state index contributed by atoms with van der Waals surface area (Å²) in [7, 11) is 0. The fraction of sp³-hybridized carbons (Fsp3) is 0. The molecule has 0 N–H and O–H groups in total. The molecule has 228 valence electrons. The topological polar surface area (TPSA) is 43.9 Å². The maximum Gasteiger partial charge on any atom is 0.160 e. The van der Waals surface area contributed by atoms with Gasteiger partial charge in [0.05, 0.1) is 32.6 Å². The van der Waals surface area contributed by atoms with Gasteiger partial charge in [0.25, 0.3) is 0 Å². The average Bonchev–Trinajstić information content (AvgIpc) is 3.84. The van der Waals surface area contributed by atoms with E-state index in [0.29, 0.717) is 5.82 Å². The normalized spacial score (nSPS) is 12.1. The second-order valence-electron chi connectivity index (χ2n) is 12.5. The van der Waals surface area contributed by atoms with E-state index in [0.717, 1.165) is 71.1 Å². The van der Waals surface area contributed by atoms with E-state index in [9.17, 15) is 0 Å². The second-order valence-corrected chi connectivity index (χ2v) is 13.6. The van der Waals surface area contributed by atoms with Gasteiger partial charge in [0, 0.05) is 42.8 Å². The number of para-hydroxylation sites is 2. The van der Waals surface area contributed by atoms with Gasteiger partial charge in [0.15, 0.2) is 11.4 Å². The number of fused-ring (bicyclic) bond motifs is 10. The van der Waals surface area contributed by atoms with Crippen LogP contribution < -0.4 is 0 Å². The SMILES string of the molecule is c1ccc(-c2nc(-c3ccc(-n4c5ccccc5c5cc6ccccc6cc54)c4oc5ccccc5c34)c3sc4ccccc4c3n2)cc1. The lowest BCUT2D eigenvalue weighted by Crippen LogP contribution is -1.97. The Kier molecular flexibility index (Phi) is 5.51. The number of thiophene rings is 1. The van der Waals surface area contributed by atoms with E-state index in [1.807, 2.05) is 24.3 Å². The van der Waals surface area contributed by atoms with Crippen LogP contribution in [0.5, 0.6) is 0 Å². The summed E-state index contributed by atoms with van der Waals surface area (Å²) in [5.74, 6) is 0.714. The minimum absolute atomic E-state index is 0.714. The molecule has 0 fully saturated rings. The highest BCUT2D eigenvalue weighted by atomic mass is 32.1. The zero-order valence-corrected chi connectivity index (χ0v) is 26.9. The van der Waals surface area contributed by atoms with Crippen molar-refractivity contribution >= 4 is 86.2 Å². The summed E-state index contributed by atoms with van der Waals surface area (Å²) in [6.07, 6.45) is 0. The van der Waals surface area contributed by atoms with Gasteiger partial charge in [0.1, 0.15) is 5.58 Å². The molecule has 7 aromatic carbocycles. The molecule has 49 heavy (non-hydrogen) atoms. The first-order valence-corrected chi connectivity index (χ1v) is 17.2. The van der Waals surface area contributed by atoms with Crippen molar-refractivity contribution in [2.75, 3.05) is 0 Å². The average molecular weight is 644 g/mol. The molecular formula is C44H25N3OS. The minimum atomic E-state index is 0.714. The molecule has 11 rings (SSSR count). The van der Waals surface area contributed by atoms with Crippen LogP contribution in [0, 0.1) is 0 Å². The Bertz CT molecular complexity index is 3110. The van der Waals surface area contributed by atoms with Gasteiger partial charge in [-0.3, -0.25) is 0 Å². The summed E-state index contributed by atoms with van der Waals surface area (Å²) in [4.78, 5) is 10.5. The van der Waals surface area contributed by atoms with E-state index in [1.54, 1.807) is 11.3 Å². The first kappa shape index (κ1) is 26.7. The fourth-order valence-electron chi connectivity index (χ4n) is 7.59. The van der Waals surface area contributed by atoms with Crippen molar-refractivity contribution in [1.82, 2.24) is 14.5 Å². The molecule has 0 amide bonds. The smallest absolute Gasteiger partial charge is 0.160 e. The number of benzene rings is 7. The molecule has 4 heterocycles. The summed E-state index contributed by atoms with van der Waals surface area (Å²) < 4.78 is 11.5. The third-order valence-corrected chi connectivity index (χ3v) is 11.0. The van der Waals surface area contributed by atoms with Crippen molar-refractivity contribution in [3.05, 3.63) is 152 Å². The van der Waals surface area contributed by atoms with Gasteiger partial charge in [-0.15, -0.1) is 11.3 Å². The van der Waals surface area contributed by atoms with E-state index >= 15 is 0 Å². The maximum atomic E-state index is 6.88. The number of furan rings is 1. The Morgan fingerprint density at radius 1 is 0.551 bits per heavy atom. The van der Waals surface area contributed by atoms with E-state index in [2.05, 4.69) is 132 Å². The van der Waals surface area contributed by atoms with E-state index in [4.69, 9.17) is 14.4 Å². The lowest BCUT2D eigenvalue weighted by atomic mass is 10.0. The zero-order valence-electron chi connectivity index (χ0n) is 26.1. The lowest BCUT2D eigenvalue weighted by Gasteiger charge is -2.13. The van der Waals surface area contributed by atoms with Crippen LogP contribution in [-0.4, -0.2) is 14.5 Å². The van der Waals surface area contributed by atoms with Gasteiger partial charge in [0.2, 0.25) is 0 Å². The fourth-order valence-corrected chi connectivity index (χ4v) is 8.74. The number of aromatic nitrogens is 3. The lowest BCUT2D eigenvalue weighted by molar-refractivity contribution is 0.666. The monoisotopic (exact) mass is 643 g/mol. The van der Waals surface area contributed by atoms with Crippen molar-refractivity contribution in [1.29, 1.82) is 0 Å². The number of rotatable bonds is 3. The molecule has 4 aromatic heterocycles. The Labute approximate surface area is 284 Å². The highest BCUT2D eigenvalue weighted by Crippen LogP contribution is 2.46. The van der Waals surface area contributed by atoms with E-state index < -0.39 is 0 Å². The van der Waals surface area contributed by atoms with Crippen molar-refractivity contribution in [2.24, 2.45) is 0 Å². The molecule has 0 atom stereocenters.